The van der Waals surface area contributed by atoms with E-state index in [4.69, 9.17) is 5.73 Å². The second kappa shape index (κ2) is 3.30. The second-order valence-corrected chi connectivity index (χ2v) is 4.00. The molecule has 13 heavy (non-hydrogen) atoms. The van der Waals surface area contributed by atoms with Crippen molar-refractivity contribution in [3.8, 4) is 0 Å². The fourth-order valence-electron chi connectivity index (χ4n) is 1.21. The van der Waals surface area contributed by atoms with Crippen LogP contribution in [0.3, 0.4) is 0 Å². The van der Waals surface area contributed by atoms with Gasteiger partial charge in [0.05, 0.1) is 11.0 Å². The number of anilines is 1. The monoisotopic (exact) mass is 193 g/mol. The van der Waals surface area contributed by atoms with Gasteiger partial charge in [0.25, 0.3) is 0 Å². The summed E-state index contributed by atoms with van der Waals surface area (Å²) >= 11 is 1.70. The number of nitrogens with zero attached hydrogens (tertiary/aromatic N) is 1. The molecule has 0 aliphatic carbocycles. The van der Waals surface area contributed by atoms with Gasteiger partial charge in [-0.3, -0.25) is 0 Å². The number of nitrogens with two attached hydrogens (primary N) is 1. The summed E-state index contributed by atoms with van der Waals surface area (Å²) in [4.78, 5) is 7.60. The minimum atomic E-state index is 0.768. The van der Waals surface area contributed by atoms with Gasteiger partial charge < -0.3 is 10.7 Å². The van der Waals surface area contributed by atoms with Crippen LogP contribution in [-0.2, 0) is 0 Å². The maximum absolute atomic E-state index is 5.65. The highest BCUT2D eigenvalue weighted by Crippen LogP contribution is 2.20. The Hall–Kier alpha value is -1.16. The van der Waals surface area contributed by atoms with E-state index in [2.05, 4.69) is 16.9 Å². The highest BCUT2D eigenvalue weighted by molar-refractivity contribution is 7.99. The molecule has 2 aromatic rings. The van der Waals surface area contributed by atoms with Gasteiger partial charge in [-0.15, -0.1) is 0 Å². The molecule has 4 heteroatoms. The minimum absolute atomic E-state index is 0.768. The van der Waals surface area contributed by atoms with Crippen molar-refractivity contribution >= 4 is 28.5 Å². The van der Waals surface area contributed by atoms with Gasteiger partial charge in [-0.05, 0) is 24.0 Å². The van der Waals surface area contributed by atoms with Gasteiger partial charge in [0, 0.05) is 5.69 Å². The number of nitrogens with one attached hydrogen (secondary N) is 1. The van der Waals surface area contributed by atoms with E-state index in [0.29, 0.717) is 0 Å². The van der Waals surface area contributed by atoms with Crippen molar-refractivity contribution in [3.63, 3.8) is 0 Å². The quantitative estimate of drug-likeness (QED) is 0.568. The van der Waals surface area contributed by atoms with Crippen LogP contribution in [0.1, 0.15) is 6.92 Å². The van der Waals surface area contributed by atoms with E-state index in [1.807, 2.05) is 18.2 Å². The van der Waals surface area contributed by atoms with E-state index in [1.54, 1.807) is 11.8 Å². The standard InChI is InChI=1S/C9H11N3S/c1-2-13-9-11-7-4-3-6(10)5-8(7)12-9/h3-5H,2,10H2,1H3,(H,11,12). The van der Waals surface area contributed by atoms with E-state index >= 15 is 0 Å². The Kier molecular flexibility index (Phi) is 2.14. The Morgan fingerprint density at radius 3 is 3.15 bits per heavy atom. The molecule has 0 fully saturated rings. The van der Waals surface area contributed by atoms with Crippen molar-refractivity contribution in [2.24, 2.45) is 0 Å². The molecule has 0 amide bonds. The van der Waals surface area contributed by atoms with Gasteiger partial charge in [0.15, 0.2) is 5.16 Å². The molecule has 0 aliphatic rings. The second-order valence-electron chi connectivity index (χ2n) is 2.75. The molecule has 0 aliphatic heterocycles. The molecule has 0 saturated heterocycles. The predicted octanol–water partition coefficient (Wildman–Crippen LogP) is 2.26. The van der Waals surface area contributed by atoms with E-state index in [1.165, 1.54) is 0 Å². The van der Waals surface area contributed by atoms with Crippen molar-refractivity contribution in [1.82, 2.24) is 9.97 Å². The first kappa shape index (κ1) is 8.44. The van der Waals surface area contributed by atoms with Crippen LogP contribution in [0, 0.1) is 0 Å². The maximum atomic E-state index is 5.65. The lowest BCUT2D eigenvalue weighted by Gasteiger charge is -1.89. The zero-order valence-corrected chi connectivity index (χ0v) is 8.19. The average Bonchev–Trinajstić information content (AvgIpc) is 2.46. The molecule has 2 rings (SSSR count). The van der Waals surface area contributed by atoms with Crippen LogP contribution < -0.4 is 5.73 Å². The lowest BCUT2D eigenvalue weighted by molar-refractivity contribution is 1.08. The molecule has 0 bridgehead atoms. The summed E-state index contributed by atoms with van der Waals surface area (Å²) in [5, 5.41) is 0.961. The van der Waals surface area contributed by atoms with E-state index < -0.39 is 0 Å². The molecule has 0 radical (unpaired) electrons. The number of benzene rings is 1. The molecule has 68 valence electrons. The third-order valence-corrected chi connectivity index (χ3v) is 2.52. The summed E-state index contributed by atoms with van der Waals surface area (Å²) in [6.45, 7) is 2.10. The zero-order valence-electron chi connectivity index (χ0n) is 7.37. The fourth-order valence-corrected chi connectivity index (χ4v) is 1.83. The van der Waals surface area contributed by atoms with E-state index in [-0.39, 0.29) is 0 Å². The first-order chi connectivity index (χ1) is 6.29. The number of fused-ring (bicyclic) bond motifs is 1. The van der Waals surface area contributed by atoms with Crippen molar-refractivity contribution in [2.45, 2.75) is 12.1 Å². The Balaban J connectivity index is 2.49. The van der Waals surface area contributed by atoms with Crippen LogP contribution in [0.15, 0.2) is 23.4 Å². The highest BCUT2D eigenvalue weighted by Gasteiger charge is 2.01. The van der Waals surface area contributed by atoms with Crippen LogP contribution in [0.5, 0.6) is 0 Å². The van der Waals surface area contributed by atoms with Crippen molar-refractivity contribution in [2.75, 3.05) is 11.5 Å². The largest absolute Gasteiger partial charge is 0.399 e. The molecule has 1 heterocycles. The lowest BCUT2D eigenvalue weighted by atomic mass is 10.3. The number of thioether (sulfide) groups is 1. The van der Waals surface area contributed by atoms with Crippen LogP contribution in [0.25, 0.3) is 11.0 Å². The highest BCUT2D eigenvalue weighted by atomic mass is 32.2. The molecule has 1 aromatic carbocycles. The smallest absolute Gasteiger partial charge is 0.166 e. The molecular weight excluding hydrogens is 182 g/mol. The third-order valence-electron chi connectivity index (χ3n) is 1.77. The number of aromatic amines is 1. The molecular formula is C9H11N3S. The van der Waals surface area contributed by atoms with Crippen LogP contribution in [-0.4, -0.2) is 15.7 Å². The van der Waals surface area contributed by atoms with Crippen LogP contribution in [0.4, 0.5) is 5.69 Å². The fraction of sp³-hybridized carbons (Fsp3) is 0.222. The number of imidazole rings is 1. The molecule has 0 atom stereocenters. The number of nitrogen functional groups attached to an aromatic ring is 1. The molecule has 0 unspecified atom stereocenters. The van der Waals surface area contributed by atoms with Crippen LogP contribution >= 0.6 is 11.8 Å². The van der Waals surface area contributed by atoms with Crippen molar-refractivity contribution < 1.29 is 0 Å². The predicted molar refractivity (Wildman–Crippen MR) is 56.9 cm³/mol. The Morgan fingerprint density at radius 1 is 1.54 bits per heavy atom. The SMILES string of the molecule is CCSc1nc2ccc(N)cc2[nH]1. The Labute approximate surface area is 80.7 Å². The van der Waals surface area contributed by atoms with Gasteiger partial charge in [-0.1, -0.05) is 18.7 Å². The normalized spacial score (nSPS) is 10.8. The minimum Gasteiger partial charge on any atom is -0.399 e. The summed E-state index contributed by atoms with van der Waals surface area (Å²) in [6, 6.07) is 5.70. The van der Waals surface area contributed by atoms with Gasteiger partial charge in [-0.2, -0.15) is 0 Å². The zero-order chi connectivity index (χ0) is 9.26. The van der Waals surface area contributed by atoms with E-state index in [0.717, 1.165) is 27.6 Å². The molecule has 0 spiro atoms. The molecule has 3 nitrogen and oxygen atoms in total. The van der Waals surface area contributed by atoms with Gasteiger partial charge in [-0.25, -0.2) is 4.98 Å². The summed E-state index contributed by atoms with van der Waals surface area (Å²) < 4.78 is 0. The van der Waals surface area contributed by atoms with Crippen LogP contribution in [0.2, 0.25) is 0 Å². The van der Waals surface area contributed by atoms with E-state index in [9.17, 15) is 0 Å². The lowest BCUT2D eigenvalue weighted by Crippen LogP contribution is -1.82. The number of H-pyrrole nitrogens is 1. The number of hydrogen-bond acceptors (Lipinski definition) is 3. The number of hydrogen-bond donors (Lipinski definition) is 2. The maximum Gasteiger partial charge on any atom is 0.166 e. The summed E-state index contributed by atoms with van der Waals surface area (Å²) in [6.07, 6.45) is 0. The number of aromatic nitrogens is 2. The Morgan fingerprint density at radius 2 is 2.38 bits per heavy atom. The summed E-state index contributed by atoms with van der Waals surface area (Å²) in [5.74, 6) is 1.02. The third kappa shape index (κ3) is 1.62. The van der Waals surface area contributed by atoms with Gasteiger partial charge >= 0.3 is 0 Å². The average molecular weight is 193 g/mol. The molecule has 0 saturated carbocycles. The van der Waals surface area contributed by atoms with Gasteiger partial charge in [0.2, 0.25) is 0 Å². The van der Waals surface area contributed by atoms with Crippen molar-refractivity contribution in [3.05, 3.63) is 18.2 Å². The first-order valence-corrected chi connectivity index (χ1v) is 5.16. The summed E-state index contributed by atoms with van der Waals surface area (Å²) in [5.41, 5.74) is 8.41. The summed E-state index contributed by atoms with van der Waals surface area (Å²) in [7, 11) is 0. The molecule has 3 N–H and O–H groups in total. The van der Waals surface area contributed by atoms with Gasteiger partial charge in [0.1, 0.15) is 0 Å². The Bertz CT molecular complexity index is 422. The number of rotatable bonds is 2. The molecule has 1 aromatic heterocycles. The first-order valence-electron chi connectivity index (χ1n) is 4.17. The topological polar surface area (TPSA) is 54.7 Å². The van der Waals surface area contributed by atoms with Crippen molar-refractivity contribution in [1.29, 1.82) is 0 Å².